The van der Waals surface area contributed by atoms with Crippen LogP contribution in [0, 0.1) is 0 Å². The molecule has 68 valence electrons. The molecular weight excluding hydrogens is 249 g/mol. The van der Waals surface area contributed by atoms with E-state index in [-0.39, 0.29) is 109 Å². The number of hydrogen-bond donors (Lipinski definition) is 0. The van der Waals surface area contributed by atoms with Gasteiger partial charge in [0.2, 0.25) is 0 Å². The summed E-state index contributed by atoms with van der Waals surface area (Å²) in [7, 11) is -3.21. The average molecular weight is 260 g/mol. The maximum atomic E-state index is 9.88. The Morgan fingerprint density at radius 3 is 2.00 bits per heavy atom. The maximum Gasteiger partial charge on any atom is 1.00 e. The third kappa shape index (κ3) is 21.2. The molecule has 0 N–H and O–H groups in total. The quantitative estimate of drug-likeness (QED) is 0.269. The predicted octanol–water partition coefficient (Wildman–Crippen LogP) is -6.73. The number of unbranched alkanes of at least 4 members (excludes halogenated alkanes) is 1. The monoisotopic (exact) mass is 260 g/mol. The van der Waals surface area contributed by atoms with Gasteiger partial charge in [-0.05, 0) is 12.8 Å². The molecule has 0 amide bonds. The fraction of sp³-hybridized carbons (Fsp3) is 1.00. The van der Waals surface area contributed by atoms with E-state index >= 15 is 0 Å². The minimum Gasteiger partial charge on any atom is -0.790 e. The first kappa shape index (κ1) is 21.6. The minimum atomic E-state index is -4.76. The molecule has 0 saturated carbocycles. The number of ether oxygens (including phenoxy) is 1. The number of hydrogen-bond acceptors (Lipinski definition) is 5. The molecule has 5 nitrogen and oxygen atoms in total. The van der Waals surface area contributed by atoms with Gasteiger partial charge in [-0.2, -0.15) is 0 Å². The Balaban J connectivity index is -0.000000500. The molecule has 8 heteroatoms. The standard InChI is InChI=1S/C5H13O5P.2K/c1-9-4-2-3-5-10-11(6,7)8;;/h2-5H2,1H3,(H2,6,7,8);;/q;2*+1/p-2. The van der Waals surface area contributed by atoms with Crippen molar-refractivity contribution in [2.24, 2.45) is 0 Å². The second-order valence-corrected chi connectivity index (χ2v) is 3.13. The first-order valence-corrected chi connectivity index (χ1v) is 4.68. The molecule has 0 atom stereocenters. The van der Waals surface area contributed by atoms with Crippen molar-refractivity contribution in [1.29, 1.82) is 0 Å². The van der Waals surface area contributed by atoms with E-state index < -0.39 is 7.82 Å². The average Bonchev–Trinajstić information content (AvgIpc) is 1.85. The van der Waals surface area contributed by atoms with Crippen LogP contribution >= 0.6 is 7.82 Å². The summed E-state index contributed by atoms with van der Waals surface area (Å²) in [5.41, 5.74) is 0. The Morgan fingerprint density at radius 2 is 1.62 bits per heavy atom. The smallest absolute Gasteiger partial charge is 0.790 e. The Hall–Kier alpha value is 3.34. The first-order valence-electron chi connectivity index (χ1n) is 3.22. The molecule has 0 aliphatic rings. The first-order chi connectivity index (χ1) is 5.06. The molecule has 0 aromatic rings. The van der Waals surface area contributed by atoms with Crippen LogP contribution in [-0.2, 0) is 13.8 Å². The van der Waals surface area contributed by atoms with Crippen LogP contribution in [-0.4, -0.2) is 20.3 Å². The maximum absolute atomic E-state index is 9.88. The van der Waals surface area contributed by atoms with Crippen LogP contribution in [0.3, 0.4) is 0 Å². The van der Waals surface area contributed by atoms with Gasteiger partial charge in [-0.3, -0.25) is 0 Å². The third-order valence-corrected chi connectivity index (χ3v) is 1.49. The molecule has 13 heavy (non-hydrogen) atoms. The second-order valence-electron chi connectivity index (χ2n) is 1.98. The molecule has 0 rings (SSSR count). The van der Waals surface area contributed by atoms with Crippen molar-refractivity contribution < 1.29 is 126 Å². The molecule has 0 spiro atoms. The van der Waals surface area contributed by atoms with Crippen LogP contribution in [0.5, 0.6) is 0 Å². The zero-order valence-electron chi connectivity index (χ0n) is 8.32. The van der Waals surface area contributed by atoms with Crippen LogP contribution in [0.15, 0.2) is 0 Å². The molecule has 0 aromatic heterocycles. The van der Waals surface area contributed by atoms with Gasteiger partial charge in [0.05, 0.1) is 14.4 Å². The molecule has 0 aliphatic heterocycles. The molecular formula is C5H11K2O5P. The summed E-state index contributed by atoms with van der Waals surface area (Å²) in [6.45, 7) is 0.499. The van der Waals surface area contributed by atoms with Gasteiger partial charge in [-0.15, -0.1) is 0 Å². The van der Waals surface area contributed by atoms with Crippen molar-refractivity contribution in [2.45, 2.75) is 12.8 Å². The van der Waals surface area contributed by atoms with Gasteiger partial charge < -0.3 is 23.6 Å². The summed E-state index contributed by atoms with van der Waals surface area (Å²) in [6, 6.07) is 0. The SMILES string of the molecule is COCCCCOP(=O)([O-])[O-].[K+].[K+]. The van der Waals surface area contributed by atoms with E-state index in [9.17, 15) is 14.4 Å². The van der Waals surface area contributed by atoms with E-state index in [0.717, 1.165) is 0 Å². The van der Waals surface area contributed by atoms with E-state index in [1.165, 1.54) is 0 Å². The van der Waals surface area contributed by atoms with Crippen molar-refractivity contribution in [1.82, 2.24) is 0 Å². The predicted molar refractivity (Wildman–Crippen MR) is 34.7 cm³/mol. The summed E-state index contributed by atoms with van der Waals surface area (Å²) >= 11 is 0. The summed E-state index contributed by atoms with van der Waals surface area (Å²) in [5.74, 6) is 0. The van der Waals surface area contributed by atoms with Crippen molar-refractivity contribution >= 4 is 7.82 Å². The fourth-order valence-corrected chi connectivity index (χ4v) is 0.878. The number of phosphoric ester groups is 1. The van der Waals surface area contributed by atoms with Gasteiger partial charge in [0.25, 0.3) is 0 Å². The Kier molecular flexibility index (Phi) is 22.3. The van der Waals surface area contributed by atoms with Gasteiger partial charge in [-0.25, -0.2) is 0 Å². The van der Waals surface area contributed by atoms with Crippen LogP contribution in [0.4, 0.5) is 0 Å². The Bertz CT molecular complexity index is 139. The van der Waals surface area contributed by atoms with Crippen LogP contribution in [0.1, 0.15) is 12.8 Å². The summed E-state index contributed by atoms with van der Waals surface area (Å²) in [4.78, 5) is 19.8. The Labute approximate surface area is 163 Å². The molecule has 0 unspecified atom stereocenters. The number of phosphoric acid groups is 1. The fourth-order valence-electron chi connectivity index (χ4n) is 0.525. The normalized spacial score (nSPS) is 10.1. The van der Waals surface area contributed by atoms with E-state index in [1.54, 1.807) is 7.11 Å². The number of methoxy groups -OCH3 is 1. The van der Waals surface area contributed by atoms with Crippen LogP contribution in [0.2, 0.25) is 0 Å². The van der Waals surface area contributed by atoms with Crippen molar-refractivity contribution in [2.75, 3.05) is 20.3 Å². The van der Waals surface area contributed by atoms with E-state index in [2.05, 4.69) is 4.52 Å². The van der Waals surface area contributed by atoms with Gasteiger partial charge in [-0.1, -0.05) is 0 Å². The molecule has 0 heterocycles. The summed E-state index contributed by atoms with van der Waals surface area (Å²) in [6.07, 6.45) is 1.21. The van der Waals surface area contributed by atoms with Crippen molar-refractivity contribution in [3.8, 4) is 0 Å². The van der Waals surface area contributed by atoms with Gasteiger partial charge in [0, 0.05) is 13.7 Å². The zero-order valence-corrected chi connectivity index (χ0v) is 15.5. The topological polar surface area (TPSA) is 81.7 Å². The number of rotatable bonds is 6. The zero-order chi connectivity index (χ0) is 8.74. The van der Waals surface area contributed by atoms with Crippen molar-refractivity contribution in [3.63, 3.8) is 0 Å². The van der Waals surface area contributed by atoms with E-state index in [1.807, 2.05) is 0 Å². The third-order valence-electron chi connectivity index (χ3n) is 0.992. The largest absolute Gasteiger partial charge is 1.00 e. The molecule has 0 aliphatic carbocycles. The molecule has 0 radical (unpaired) electrons. The van der Waals surface area contributed by atoms with Gasteiger partial charge in [0.15, 0.2) is 0 Å². The summed E-state index contributed by atoms with van der Waals surface area (Å²) < 4.78 is 18.5. The summed E-state index contributed by atoms with van der Waals surface area (Å²) in [5, 5.41) is 0. The molecule has 0 saturated heterocycles. The van der Waals surface area contributed by atoms with Gasteiger partial charge in [0.1, 0.15) is 0 Å². The molecule has 0 fully saturated rings. The van der Waals surface area contributed by atoms with E-state index in [0.29, 0.717) is 19.4 Å². The van der Waals surface area contributed by atoms with Crippen LogP contribution in [0.25, 0.3) is 0 Å². The van der Waals surface area contributed by atoms with Crippen molar-refractivity contribution in [3.05, 3.63) is 0 Å². The molecule has 0 bridgehead atoms. The van der Waals surface area contributed by atoms with Gasteiger partial charge >= 0.3 is 103 Å². The van der Waals surface area contributed by atoms with E-state index in [4.69, 9.17) is 4.74 Å². The Morgan fingerprint density at radius 1 is 1.15 bits per heavy atom. The van der Waals surface area contributed by atoms with Crippen LogP contribution < -0.4 is 113 Å². The molecule has 0 aromatic carbocycles. The minimum absolute atomic E-state index is 0. The second kappa shape index (κ2) is 13.4.